The second-order valence-corrected chi connectivity index (χ2v) is 10.8. The summed E-state index contributed by atoms with van der Waals surface area (Å²) in [5.41, 5.74) is 11.6. The third kappa shape index (κ3) is 4.61. The zero-order valence-electron chi connectivity index (χ0n) is 24.0. The van der Waals surface area contributed by atoms with E-state index in [-0.39, 0.29) is 0 Å². The Labute approximate surface area is 256 Å². The van der Waals surface area contributed by atoms with E-state index in [0.29, 0.717) is 0 Å². The highest BCUT2D eigenvalue weighted by Gasteiger charge is 2.23. The zero-order valence-corrected chi connectivity index (χ0v) is 24.0. The molecular formula is C41H28N2O. The number of hydrogen-bond acceptors (Lipinski definition) is 3. The third-order valence-electron chi connectivity index (χ3n) is 8.17. The Bertz CT molecular complexity index is 2200. The maximum Gasteiger partial charge on any atom is 0.155 e. The molecule has 0 saturated carbocycles. The first-order valence-electron chi connectivity index (χ1n) is 14.8. The van der Waals surface area contributed by atoms with E-state index in [1.165, 1.54) is 16.7 Å². The second kappa shape index (κ2) is 11.0. The van der Waals surface area contributed by atoms with Crippen molar-refractivity contribution in [2.24, 2.45) is 0 Å². The molecule has 3 heteroatoms. The molecule has 208 valence electrons. The number of pyridine rings is 1. The second-order valence-electron chi connectivity index (χ2n) is 10.8. The van der Waals surface area contributed by atoms with Crippen LogP contribution >= 0.6 is 0 Å². The maximum atomic E-state index is 6.29. The van der Waals surface area contributed by atoms with Crippen LogP contribution in [0.1, 0.15) is 0 Å². The molecule has 0 amide bonds. The van der Waals surface area contributed by atoms with Gasteiger partial charge in [0.25, 0.3) is 0 Å². The Morgan fingerprint density at radius 3 is 1.70 bits per heavy atom. The Morgan fingerprint density at radius 1 is 0.432 bits per heavy atom. The van der Waals surface area contributed by atoms with Crippen molar-refractivity contribution in [3.8, 4) is 33.4 Å². The van der Waals surface area contributed by atoms with Gasteiger partial charge < -0.3 is 9.32 Å². The molecule has 0 aliphatic heterocycles. The van der Waals surface area contributed by atoms with Gasteiger partial charge in [-0.25, -0.2) is 0 Å². The number of anilines is 3. The number of rotatable bonds is 6. The predicted octanol–water partition coefficient (Wildman–Crippen LogP) is 11.5. The largest absolute Gasteiger partial charge is 0.454 e. The number of aromatic nitrogens is 1. The van der Waals surface area contributed by atoms with Crippen molar-refractivity contribution < 1.29 is 4.42 Å². The quantitative estimate of drug-likeness (QED) is 0.201. The number of benzene rings is 6. The van der Waals surface area contributed by atoms with E-state index in [1.54, 1.807) is 0 Å². The predicted molar refractivity (Wildman–Crippen MR) is 183 cm³/mol. The Balaban J connectivity index is 1.40. The summed E-state index contributed by atoms with van der Waals surface area (Å²) in [6.07, 6.45) is 3.77. The van der Waals surface area contributed by atoms with E-state index in [9.17, 15) is 0 Å². The van der Waals surface area contributed by atoms with Crippen molar-refractivity contribution in [2.75, 3.05) is 4.90 Å². The van der Waals surface area contributed by atoms with Gasteiger partial charge in [-0.1, -0.05) is 127 Å². The molecule has 8 aromatic rings. The monoisotopic (exact) mass is 564 g/mol. The van der Waals surface area contributed by atoms with Gasteiger partial charge >= 0.3 is 0 Å². The third-order valence-corrected chi connectivity index (χ3v) is 8.17. The summed E-state index contributed by atoms with van der Waals surface area (Å²) in [5.74, 6) is 0. The minimum absolute atomic E-state index is 0.761. The molecule has 0 fully saturated rings. The average molecular weight is 565 g/mol. The molecule has 0 atom stereocenters. The molecule has 0 saturated heterocycles. The first-order valence-corrected chi connectivity index (χ1v) is 14.8. The van der Waals surface area contributed by atoms with Crippen LogP contribution in [0.15, 0.2) is 175 Å². The Kier molecular flexibility index (Phi) is 6.47. The minimum Gasteiger partial charge on any atom is -0.454 e. The van der Waals surface area contributed by atoms with Crippen LogP contribution in [-0.4, -0.2) is 4.98 Å². The topological polar surface area (TPSA) is 29.3 Å². The van der Waals surface area contributed by atoms with Crippen LogP contribution in [0, 0.1) is 0 Å². The van der Waals surface area contributed by atoms with Gasteiger partial charge in [-0.3, -0.25) is 4.98 Å². The van der Waals surface area contributed by atoms with Crippen molar-refractivity contribution in [1.82, 2.24) is 4.98 Å². The minimum atomic E-state index is 0.761. The van der Waals surface area contributed by atoms with Crippen molar-refractivity contribution in [1.29, 1.82) is 0 Å². The van der Waals surface area contributed by atoms with Gasteiger partial charge in [-0.2, -0.15) is 0 Å². The lowest BCUT2D eigenvalue weighted by Crippen LogP contribution is -2.12. The molecule has 0 spiro atoms. The molecular weight excluding hydrogens is 536 g/mol. The summed E-state index contributed by atoms with van der Waals surface area (Å²) >= 11 is 0. The lowest BCUT2D eigenvalue weighted by molar-refractivity contribution is 0.667. The first kappa shape index (κ1) is 25.8. The summed E-state index contributed by atoms with van der Waals surface area (Å²) in [7, 11) is 0. The van der Waals surface area contributed by atoms with Crippen molar-refractivity contribution in [3.63, 3.8) is 0 Å². The van der Waals surface area contributed by atoms with E-state index < -0.39 is 0 Å². The van der Waals surface area contributed by atoms with Gasteiger partial charge in [0.05, 0.1) is 29.2 Å². The lowest BCUT2D eigenvalue weighted by Gasteiger charge is -2.29. The number of furan rings is 1. The zero-order chi connectivity index (χ0) is 29.3. The molecule has 3 nitrogen and oxygen atoms in total. The number of fused-ring (bicyclic) bond motifs is 3. The fraction of sp³-hybridized carbons (Fsp3) is 0. The SMILES string of the molecule is c1ccc(-c2ccc(N(c3ccc(-c4ccccc4)cc3-c3ccccc3)c3cncc4oc5ccccc5c34)cc2)cc1. The van der Waals surface area contributed by atoms with Crippen molar-refractivity contribution in [2.45, 2.75) is 0 Å². The van der Waals surface area contributed by atoms with Gasteiger partial charge in [0.2, 0.25) is 0 Å². The van der Waals surface area contributed by atoms with Crippen LogP contribution in [0.25, 0.3) is 55.3 Å². The van der Waals surface area contributed by atoms with E-state index in [0.717, 1.165) is 55.7 Å². The van der Waals surface area contributed by atoms with Gasteiger partial charge in [0.15, 0.2) is 5.58 Å². The smallest absolute Gasteiger partial charge is 0.155 e. The average Bonchev–Trinajstić information content (AvgIpc) is 3.49. The molecule has 6 aromatic carbocycles. The summed E-state index contributed by atoms with van der Waals surface area (Å²) in [6, 6.07) is 55.4. The molecule has 8 rings (SSSR count). The van der Waals surface area contributed by atoms with Crippen LogP contribution in [0.5, 0.6) is 0 Å². The maximum absolute atomic E-state index is 6.29. The number of nitrogens with zero attached hydrogens (tertiary/aromatic N) is 2. The summed E-state index contributed by atoms with van der Waals surface area (Å²) in [5, 5.41) is 2.10. The molecule has 0 aliphatic rings. The van der Waals surface area contributed by atoms with E-state index in [1.807, 2.05) is 30.6 Å². The molecule has 0 radical (unpaired) electrons. The lowest BCUT2D eigenvalue weighted by atomic mass is 9.96. The van der Waals surface area contributed by atoms with Crippen LogP contribution in [0.2, 0.25) is 0 Å². The summed E-state index contributed by atoms with van der Waals surface area (Å²) in [4.78, 5) is 7.00. The van der Waals surface area contributed by atoms with E-state index in [2.05, 4.69) is 149 Å². The Hall–Kier alpha value is -5.93. The van der Waals surface area contributed by atoms with Crippen LogP contribution < -0.4 is 4.90 Å². The van der Waals surface area contributed by atoms with E-state index >= 15 is 0 Å². The number of hydrogen-bond donors (Lipinski definition) is 0. The summed E-state index contributed by atoms with van der Waals surface area (Å²) in [6.45, 7) is 0. The molecule has 0 unspecified atom stereocenters. The molecule has 44 heavy (non-hydrogen) atoms. The molecule has 0 aliphatic carbocycles. The molecule has 2 aromatic heterocycles. The highest BCUT2D eigenvalue weighted by molar-refractivity contribution is 6.13. The summed E-state index contributed by atoms with van der Waals surface area (Å²) < 4.78 is 6.29. The molecule has 0 bridgehead atoms. The van der Waals surface area contributed by atoms with Gasteiger partial charge in [-0.05, 0) is 58.1 Å². The van der Waals surface area contributed by atoms with E-state index in [4.69, 9.17) is 4.42 Å². The van der Waals surface area contributed by atoms with Gasteiger partial charge in [-0.15, -0.1) is 0 Å². The van der Waals surface area contributed by atoms with Crippen molar-refractivity contribution >= 4 is 39.0 Å². The fourth-order valence-corrected chi connectivity index (χ4v) is 6.06. The molecule has 2 heterocycles. The van der Waals surface area contributed by atoms with Crippen LogP contribution in [-0.2, 0) is 0 Å². The highest BCUT2D eigenvalue weighted by atomic mass is 16.3. The van der Waals surface area contributed by atoms with Crippen LogP contribution in [0.3, 0.4) is 0 Å². The number of para-hydroxylation sites is 1. The molecule has 0 N–H and O–H groups in total. The van der Waals surface area contributed by atoms with Crippen molar-refractivity contribution in [3.05, 3.63) is 170 Å². The van der Waals surface area contributed by atoms with Crippen LogP contribution in [0.4, 0.5) is 17.1 Å². The fourth-order valence-electron chi connectivity index (χ4n) is 6.06. The Morgan fingerprint density at radius 2 is 1.00 bits per heavy atom. The highest BCUT2D eigenvalue weighted by Crippen LogP contribution is 2.46. The standard InChI is InChI=1S/C41H28N2O/c1-4-12-29(13-5-1)31-20-23-34(24-21-31)43(38-27-42-28-40-41(38)35-18-10-11-19-39(35)44-40)37-25-22-33(30-14-6-2-7-15-30)26-36(37)32-16-8-3-9-17-32/h1-28H. The van der Waals surface area contributed by atoms with Gasteiger partial charge in [0.1, 0.15) is 5.58 Å². The van der Waals surface area contributed by atoms with Gasteiger partial charge in [0, 0.05) is 16.6 Å². The first-order chi connectivity index (χ1) is 21.8. The normalized spacial score (nSPS) is 11.2.